The van der Waals surface area contributed by atoms with E-state index in [0.717, 1.165) is 43.2 Å². The SMILES string of the molecule is O=C(CCCN1CC(F)(F)CCC1=O)N1CCc2sc(C3CCOCC3)nc2C1. The summed E-state index contributed by atoms with van der Waals surface area (Å²) >= 11 is 1.77. The number of aromatic nitrogens is 1. The summed E-state index contributed by atoms with van der Waals surface area (Å²) in [6.07, 6.45) is 3.01. The third-order valence-corrected chi connectivity index (χ3v) is 7.29. The van der Waals surface area contributed by atoms with Gasteiger partial charge in [0.15, 0.2) is 0 Å². The number of alkyl halides is 2. The average molecular weight is 428 g/mol. The van der Waals surface area contributed by atoms with Crippen LogP contribution in [0, 0.1) is 0 Å². The zero-order valence-corrected chi connectivity index (χ0v) is 17.3. The van der Waals surface area contributed by atoms with E-state index in [9.17, 15) is 18.4 Å². The normalized spacial score (nSPS) is 22.6. The van der Waals surface area contributed by atoms with Gasteiger partial charge in [-0.2, -0.15) is 0 Å². The van der Waals surface area contributed by atoms with Crippen molar-refractivity contribution in [1.29, 1.82) is 0 Å². The van der Waals surface area contributed by atoms with Crippen LogP contribution in [-0.2, 0) is 27.3 Å². The molecule has 6 nitrogen and oxygen atoms in total. The molecule has 160 valence electrons. The molecule has 4 heterocycles. The van der Waals surface area contributed by atoms with Crippen molar-refractivity contribution in [2.45, 2.75) is 63.3 Å². The van der Waals surface area contributed by atoms with Crippen LogP contribution in [0.15, 0.2) is 0 Å². The van der Waals surface area contributed by atoms with Crippen LogP contribution < -0.4 is 0 Å². The topological polar surface area (TPSA) is 62.7 Å². The molecule has 29 heavy (non-hydrogen) atoms. The molecular formula is C20H27F2N3O3S. The Morgan fingerprint density at radius 3 is 2.86 bits per heavy atom. The number of rotatable bonds is 5. The van der Waals surface area contributed by atoms with Gasteiger partial charge in [-0.1, -0.05) is 0 Å². The van der Waals surface area contributed by atoms with E-state index in [1.165, 1.54) is 9.78 Å². The van der Waals surface area contributed by atoms with Crippen LogP contribution in [-0.4, -0.2) is 65.4 Å². The summed E-state index contributed by atoms with van der Waals surface area (Å²) in [5, 5.41) is 1.16. The second kappa shape index (κ2) is 8.63. The predicted molar refractivity (Wildman–Crippen MR) is 104 cm³/mol. The lowest BCUT2D eigenvalue weighted by Crippen LogP contribution is -2.46. The number of piperidine rings is 1. The van der Waals surface area contributed by atoms with E-state index in [2.05, 4.69) is 0 Å². The Morgan fingerprint density at radius 2 is 2.07 bits per heavy atom. The second-order valence-electron chi connectivity index (χ2n) is 8.15. The Balaban J connectivity index is 1.27. The molecule has 0 bridgehead atoms. The first kappa shape index (κ1) is 20.7. The number of carbonyl (C=O) groups excluding carboxylic acids is 2. The summed E-state index contributed by atoms with van der Waals surface area (Å²) in [7, 11) is 0. The molecular weight excluding hydrogens is 400 g/mol. The molecule has 0 unspecified atom stereocenters. The molecule has 4 rings (SSSR count). The van der Waals surface area contributed by atoms with Crippen molar-refractivity contribution >= 4 is 23.2 Å². The minimum atomic E-state index is -2.81. The second-order valence-corrected chi connectivity index (χ2v) is 9.26. The molecule has 0 radical (unpaired) electrons. The monoisotopic (exact) mass is 427 g/mol. The maximum absolute atomic E-state index is 13.5. The van der Waals surface area contributed by atoms with Crippen molar-refractivity contribution < 1.29 is 23.1 Å². The van der Waals surface area contributed by atoms with Crippen molar-refractivity contribution in [3.05, 3.63) is 15.6 Å². The van der Waals surface area contributed by atoms with Crippen LogP contribution in [0.5, 0.6) is 0 Å². The first-order valence-corrected chi connectivity index (χ1v) is 11.2. The van der Waals surface area contributed by atoms with Crippen molar-refractivity contribution in [2.75, 3.05) is 32.8 Å². The van der Waals surface area contributed by atoms with Gasteiger partial charge in [-0.3, -0.25) is 9.59 Å². The van der Waals surface area contributed by atoms with E-state index in [-0.39, 0.29) is 37.6 Å². The summed E-state index contributed by atoms with van der Waals surface area (Å²) in [6.45, 7) is 2.44. The van der Waals surface area contributed by atoms with Crippen LogP contribution in [0.4, 0.5) is 8.78 Å². The van der Waals surface area contributed by atoms with Gasteiger partial charge < -0.3 is 14.5 Å². The largest absolute Gasteiger partial charge is 0.381 e. The predicted octanol–water partition coefficient (Wildman–Crippen LogP) is 2.96. The molecule has 0 saturated carbocycles. The number of amides is 2. The molecule has 2 fully saturated rings. The number of thiazole rings is 1. The Hall–Kier alpha value is -1.61. The van der Waals surface area contributed by atoms with Gasteiger partial charge >= 0.3 is 0 Å². The summed E-state index contributed by atoms with van der Waals surface area (Å²) in [4.78, 5) is 33.5. The fourth-order valence-corrected chi connectivity index (χ4v) is 5.46. The first-order chi connectivity index (χ1) is 13.9. The Morgan fingerprint density at radius 1 is 1.28 bits per heavy atom. The van der Waals surface area contributed by atoms with Gasteiger partial charge in [0.1, 0.15) is 0 Å². The number of ether oxygens (including phenoxy) is 1. The minimum Gasteiger partial charge on any atom is -0.381 e. The van der Waals surface area contributed by atoms with Crippen molar-refractivity contribution in [3.63, 3.8) is 0 Å². The zero-order valence-electron chi connectivity index (χ0n) is 16.5. The van der Waals surface area contributed by atoms with Crippen LogP contribution in [0.1, 0.15) is 60.0 Å². The summed E-state index contributed by atoms with van der Waals surface area (Å²) in [5.41, 5.74) is 1.00. The van der Waals surface area contributed by atoms with Gasteiger partial charge in [0.2, 0.25) is 11.8 Å². The molecule has 0 spiro atoms. The number of fused-ring (bicyclic) bond motifs is 1. The molecule has 1 aromatic heterocycles. The first-order valence-electron chi connectivity index (χ1n) is 10.4. The van der Waals surface area contributed by atoms with Crippen molar-refractivity contribution in [1.82, 2.24) is 14.8 Å². The summed E-state index contributed by atoms with van der Waals surface area (Å²) in [5.74, 6) is -2.58. The lowest BCUT2D eigenvalue weighted by Gasteiger charge is -2.32. The lowest BCUT2D eigenvalue weighted by molar-refractivity contribution is -0.147. The molecule has 3 aliphatic heterocycles. The number of carbonyl (C=O) groups is 2. The summed E-state index contributed by atoms with van der Waals surface area (Å²) < 4.78 is 32.4. The Bertz CT molecular complexity index is 764. The highest BCUT2D eigenvalue weighted by Crippen LogP contribution is 2.34. The van der Waals surface area contributed by atoms with Crippen LogP contribution in [0.3, 0.4) is 0 Å². The molecule has 0 aromatic carbocycles. The molecule has 9 heteroatoms. The highest BCUT2D eigenvalue weighted by atomic mass is 32.1. The number of halogens is 2. The van der Waals surface area contributed by atoms with E-state index in [1.54, 1.807) is 11.3 Å². The summed E-state index contributed by atoms with van der Waals surface area (Å²) in [6, 6.07) is 0. The zero-order chi connectivity index (χ0) is 20.4. The lowest BCUT2D eigenvalue weighted by atomic mass is 10.0. The Labute approximate surface area is 173 Å². The molecule has 3 aliphatic rings. The van der Waals surface area contributed by atoms with Gasteiger partial charge in [0, 0.05) is 62.8 Å². The highest BCUT2D eigenvalue weighted by Gasteiger charge is 2.38. The number of hydrogen-bond acceptors (Lipinski definition) is 5. The van der Waals surface area contributed by atoms with Crippen molar-refractivity contribution in [2.24, 2.45) is 0 Å². The standard InChI is InChI=1S/C20H27F2N3O3S/c21-20(22)7-3-18(27)25(13-20)8-1-2-17(26)24-9-4-16-15(12-24)23-19(29-16)14-5-10-28-11-6-14/h14H,1-13H2. The van der Waals surface area contributed by atoms with E-state index in [0.29, 0.717) is 25.4 Å². The quantitative estimate of drug-likeness (QED) is 0.725. The molecule has 0 aliphatic carbocycles. The van der Waals surface area contributed by atoms with Crippen molar-refractivity contribution in [3.8, 4) is 0 Å². The van der Waals surface area contributed by atoms with E-state index in [4.69, 9.17) is 9.72 Å². The molecule has 1 aromatic rings. The van der Waals surface area contributed by atoms with Gasteiger partial charge in [-0.15, -0.1) is 11.3 Å². The third-order valence-electron chi connectivity index (χ3n) is 5.97. The maximum Gasteiger partial charge on any atom is 0.265 e. The molecule has 2 amide bonds. The van der Waals surface area contributed by atoms with Crippen LogP contribution in [0.25, 0.3) is 0 Å². The number of nitrogens with zero attached hydrogens (tertiary/aromatic N) is 3. The van der Waals surface area contributed by atoms with E-state index >= 15 is 0 Å². The smallest absolute Gasteiger partial charge is 0.265 e. The molecule has 0 N–H and O–H groups in total. The van der Waals surface area contributed by atoms with Crippen LogP contribution in [0.2, 0.25) is 0 Å². The fraction of sp³-hybridized carbons (Fsp3) is 0.750. The third kappa shape index (κ3) is 4.94. The van der Waals surface area contributed by atoms with Gasteiger partial charge in [0.25, 0.3) is 5.92 Å². The Kier molecular flexibility index (Phi) is 6.15. The van der Waals surface area contributed by atoms with E-state index < -0.39 is 12.5 Å². The van der Waals surface area contributed by atoms with Gasteiger partial charge in [0.05, 0.1) is 23.8 Å². The number of hydrogen-bond donors (Lipinski definition) is 0. The van der Waals surface area contributed by atoms with Gasteiger partial charge in [-0.25, -0.2) is 13.8 Å². The van der Waals surface area contributed by atoms with Gasteiger partial charge in [-0.05, 0) is 19.3 Å². The highest BCUT2D eigenvalue weighted by molar-refractivity contribution is 7.11. The minimum absolute atomic E-state index is 0.00693. The van der Waals surface area contributed by atoms with Crippen LogP contribution >= 0.6 is 11.3 Å². The molecule has 2 saturated heterocycles. The number of likely N-dealkylation sites (tertiary alicyclic amines) is 1. The fourth-order valence-electron chi connectivity index (χ4n) is 4.23. The van der Waals surface area contributed by atoms with E-state index in [1.807, 2.05) is 4.90 Å². The average Bonchev–Trinajstić information content (AvgIpc) is 3.14. The maximum atomic E-state index is 13.5. The molecule has 0 atom stereocenters.